The summed E-state index contributed by atoms with van der Waals surface area (Å²) in [6, 6.07) is 7.41. The summed E-state index contributed by atoms with van der Waals surface area (Å²) in [6.07, 6.45) is 2.50. The van der Waals surface area contributed by atoms with Crippen LogP contribution in [0.3, 0.4) is 0 Å². The molecule has 2 aromatic rings. The van der Waals surface area contributed by atoms with Crippen LogP contribution in [-0.4, -0.2) is 29.5 Å². The molecule has 3 heteroatoms. The molecule has 100 valence electrons. The van der Waals surface area contributed by atoms with Crippen molar-refractivity contribution in [3.63, 3.8) is 0 Å². The van der Waals surface area contributed by atoms with Crippen LogP contribution in [0.15, 0.2) is 22.8 Å². The Labute approximate surface area is 122 Å². The van der Waals surface area contributed by atoms with Gasteiger partial charge in [0.05, 0.1) is 4.60 Å². The molecule has 4 rings (SSSR count). The Bertz CT molecular complexity index is 645. The number of fused-ring (bicyclic) bond motifs is 2. The molecule has 3 atom stereocenters. The van der Waals surface area contributed by atoms with E-state index in [4.69, 9.17) is 0 Å². The SMILES string of the molecule is CC1C[C@@H]2c3cccc4[nH]c(Br)c(c34)C[C@H]2N(C)C1. The van der Waals surface area contributed by atoms with Gasteiger partial charge in [0.2, 0.25) is 0 Å². The second-order valence-corrected chi connectivity index (χ2v) is 7.14. The maximum absolute atomic E-state index is 3.71. The average Bonchev–Trinajstić information content (AvgIpc) is 2.69. The molecule has 2 aliphatic rings. The van der Waals surface area contributed by atoms with Gasteiger partial charge in [-0.2, -0.15) is 0 Å². The molecule has 0 radical (unpaired) electrons. The topological polar surface area (TPSA) is 19.0 Å². The van der Waals surface area contributed by atoms with Gasteiger partial charge in [-0.25, -0.2) is 0 Å². The predicted molar refractivity (Wildman–Crippen MR) is 82.6 cm³/mol. The maximum atomic E-state index is 3.71. The van der Waals surface area contributed by atoms with E-state index in [-0.39, 0.29) is 0 Å². The van der Waals surface area contributed by atoms with E-state index in [0.29, 0.717) is 12.0 Å². The van der Waals surface area contributed by atoms with Crippen LogP contribution in [0.5, 0.6) is 0 Å². The number of piperidine rings is 1. The Morgan fingerprint density at radius 2 is 2.21 bits per heavy atom. The molecule has 1 saturated heterocycles. The summed E-state index contributed by atoms with van der Waals surface area (Å²) >= 11 is 3.71. The summed E-state index contributed by atoms with van der Waals surface area (Å²) in [7, 11) is 2.29. The summed E-state index contributed by atoms with van der Waals surface area (Å²) < 4.78 is 1.18. The molecule has 0 spiro atoms. The summed E-state index contributed by atoms with van der Waals surface area (Å²) in [5.41, 5.74) is 4.33. The lowest BCUT2D eigenvalue weighted by molar-refractivity contribution is 0.119. The van der Waals surface area contributed by atoms with Gasteiger partial charge in [0.25, 0.3) is 0 Å². The van der Waals surface area contributed by atoms with Gasteiger partial charge in [0, 0.05) is 29.4 Å². The molecule has 1 aliphatic heterocycles. The lowest BCUT2D eigenvalue weighted by atomic mass is 9.73. The molecule has 0 saturated carbocycles. The highest BCUT2D eigenvalue weighted by Crippen LogP contribution is 2.46. The van der Waals surface area contributed by atoms with Crippen LogP contribution in [0.25, 0.3) is 10.9 Å². The van der Waals surface area contributed by atoms with Crippen LogP contribution >= 0.6 is 15.9 Å². The molecule has 1 aromatic heterocycles. The minimum atomic E-state index is 0.668. The summed E-state index contributed by atoms with van der Waals surface area (Å²) in [6.45, 7) is 3.62. The number of likely N-dealkylation sites (tertiary alicyclic amines) is 1. The Hall–Kier alpha value is -0.800. The first kappa shape index (κ1) is 12.0. The van der Waals surface area contributed by atoms with Crippen molar-refractivity contribution in [3.05, 3.63) is 33.9 Å². The van der Waals surface area contributed by atoms with Crippen molar-refractivity contribution in [2.75, 3.05) is 13.6 Å². The van der Waals surface area contributed by atoms with E-state index >= 15 is 0 Å². The number of aromatic nitrogens is 1. The van der Waals surface area contributed by atoms with Gasteiger partial charge in [-0.1, -0.05) is 19.1 Å². The van der Waals surface area contributed by atoms with Gasteiger partial charge >= 0.3 is 0 Å². The number of benzene rings is 1. The highest BCUT2D eigenvalue weighted by atomic mass is 79.9. The summed E-state index contributed by atoms with van der Waals surface area (Å²) in [5.74, 6) is 1.50. The van der Waals surface area contributed by atoms with Gasteiger partial charge in [0.1, 0.15) is 0 Å². The number of rotatable bonds is 0. The lowest BCUT2D eigenvalue weighted by Crippen LogP contribution is -2.47. The molecule has 1 N–H and O–H groups in total. The fraction of sp³-hybridized carbons (Fsp3) is 0.500. The molecule has 1 aliphatic carbocycles. The summed E-state index contributed by atoms with van der Waals surface area (Å²) in [4.78, 5) is 6.06. The zero-order valence-electron chi connectivity index (χ0n) is 11.4. The molecule has 1 aromatic carbocycles. The Morgan fingerprint density at radius 1 is 1.37 bits per heavy atom. The van der Waals surface area contributed by atoms with Crippen LogP contribution in [0.1, 0.15) is 30.4 Å². The number of hydrogen-bond acceptors (Lipinski definition) is 1. The average molecular weight is 319 g/mol. The van der Waals surface area contributed by atoms with Gasteiger partial charge < -0.3 is 9.88 Å². The molecule has 0 bridgehead atoms. The van der Waals surface area contributed by atoms with Crippen LogP contribution in [0.4, 0.5) is 0 Å². The van der Waals surface area contributed by atoms with Crippen LogP contribution < -0.4 is 0 Å². The van der Waals surface area contributed by atoms with Gasteiger partial charge in [-0.3, -0.25) is 0 Å². The second-order valence-electron chi connectivity index (χ2n) is 6.35. The lowest BCUT2D eigenvalue weighted by Gasteiger charge is -2.44. The molecular formula is C16H19BrN2. The van der Waals surface area contributed by atoms with E-state index in [2.05, 4.69) is 58.0 Å². The quantitative estimate of drug-likeness (QED) is 0.780. The normalized spacial score (nSPS) is 30.6. The van der Waals surface area contributed by atoms with Gasteiger partial charge in [-0.15, -0.1) is 0 Å². The van der Waals surface area contributed by atoms with Crippen molar-refractivity contribution in [3.8, 4) is 0 Å². The molecule has 19 heavy (non-hydrogen) atoms. The van der Waals surface area contributed by atoms with E-state index in [1.807, 2.05) is 0 Å². The van der Waals surface area contributed by atoms with Crippen LogP contribution in [0.2, 0.25) is 0 Å². The Morgan fingerprint density at radius 3 is 3.05 bits per heavy atom. The smallest absolute Gasteiger partial charge is 0.0864 e. The third kappa shape index (κ3) is 1.64. The standard InChI is InChI=1S/C16H19BrN2/c1-9-6-11-10-4-3-5-13-15(10)12(16(17)18-13)7-14(11)19(2)8-9/h3-5,9,11,14,18H,6-8H2,1-2H3/t9?,11-,14-/m1/s1. The van der Waals surface area contributed by atoms with E-state index in [0.717, 1.165) is 5.92 Å². The van der Waals surface area contributed by atoms with Crippen molar-refractivity contribution >= 4 is 26.8 Å². The number of likely N-dealkylation sites (N-methyl/N-ethyl adjacent to an activating group) is 1. The highest BCUT2D eigenvalue weighted by molar-refractivity contribution is 9.10. The van der Waals surface area contributed by atoms with E-state index in [1.165, 1.54) is 40.5 Å². The second kappa shape index (κ2) is 4.10. The first-order valence-electron chi connectivity index (χ1n) is 7.14. The largest absolute Gasteiger partial charge is 0.349 e. The number of aromatic amines is 1. The first-order valence-corrected chi connectivity index (χ1v) is 7.93. The fourth-order valence-electron chi connectivity index (χ4n) is 4.26. The zero-order chi connectivity index (χ0) is 13.1. The van der Waals surface area contributed by atoms with Gasteiger partial charge in [0.15, 0.2) is 0 Å². The molecule has 1 unspecified atom stereocenters. The number of nitrogens with zero attached hydrogens (tertiary/aromatic N) is 1. The Kier molecular flexibility index (Phi) is 2.58. The maximum Gasteiger partial charge on any atom is 0.0864 e. The van der Waals surface area contributed by atoms with E-state index in [1.54, 1.807) is 5.56 Å². The number of halogens is 1. The molecule has 0 amide bonds. The Balaban J connectivity index is 1.95. The number of H-pyrrole nitrogens is 1. The number of hydrogen-bond donors (Lipinski definition) is 1. The van der Waals surface area contributed by atoms with Crippen LogP contribution in [0, 0.1) is 5.92 Å². The molecule has 2 heterocycles. The van der Waals surface area contributed by atoms with Gasteiger partial charge in [-0.05, 0) is 58.9 Å². The van der Waals surface area contributed by atoms with Crippen molar-refractivity contribution in [1.82, 2.24) is 9.88 Å². The van der Waals surface area contributed by atoms with Crippen molar-refractivity contribution in [1.29, 1.82) is 0 Å². The molecule has 1 fully saturated rings. The van der Waals surface area contributed by atoms with E-state index in [9.17, 15) is 0 Å². The fourth-order valence-corrected chi connectivity index (χ4v) is 4.83. The monoisotopic (exact) mass is 318 g/mol. The molecule has 2 nitrogen and oxygen atoms in total. The third-order valence-electron chi connectivity index (χ3n) is 5.01. The first-order chi connectivity index (χ1) is 9.15. The van der Waals surface area contributed by atoms with Crippen molar-refractivity contribution in [2.24, 2.45) is 5.92 Å². The predicted octanol–water partition coefficient (Wildman–Crippen LogP) is 3.91. The number of nitrogens with one attached hydrogen (secondary N) is 1. The van der Waals surface area contributed by atoms with Crippen molar-refractivity contribution in [2.45, 2.75) is 31.7 Å². The highest BCUT2D eigenvalue weighted by Gasteiger charge is 2.38. The summed E-state index contributed by atoms with van der Waals surface area (Å²) in [5, 5.41) is 1.48. The van der Waals surface area contributed by atoms with Crippen LogP contribution in [-0.2, 0) is 6.42 Å². The minimum Gasteiger partial charge on any atom is -0.349 e. The molecular weight excluding hydrogens is 300 g/mol. The minimum absolute atomic E-state index is 0.668. The zero-order valence-corrected chi connectivity index (χ0v) is 13.0. The third-order valence-corrected chi connectivity index (χ3v) is 5.68. The van der Waals surface area contributed by atoms with E-state index < -0.39 is 0 Å². The van der Waals surface area contributed by atoms with Crippen molar-refractivity contribution < 1.29 is 0 Å².